The van der Waals surface area contributed by atoms with E-state index in [1.54, 1.807) is 24.3 Å². The number of hydrogen-bond donors (Lipinski definition) is 0. The average molecular weight is 482 g/mol. The molecule has 10 nitrogen and oxygen atoms in total. The number of hydrogen-bond acceptors (Lipinski definition) is 9. The van der Waals surface area contributed by atoms with Gasteiger partial charge in [0.05, 0.1) is 103 Å². The number of benzene rings is 1. The van der Waals surface area contributed by atoms with Crippen LogP contribution >= 0.6 is 0 Å². The predicted molar refractivity (Wildman–Crippen MR) is 123 cm³/mol. The van der Waals surface area contributed by atoms with Gasteiger partial charge in [0.25, 0.3) is 11.8 Å². The number of nitrogens with zero attached hydrogens (tertiary/aromatic N) is 1. The Hall–Kier alpha value is -2.34. The lowest BCUT2D eigenvalue weighted by Gasteiger charge is -2.13. The van der Waals surface area contributed by atoms with Gasteiger partial charge in [-0.2, -0.15) is 0 Å². The van der Waals surface area contributed by atoms with E-state index in [1.165, 1.54) is 11.2 Å². The minimum atomic E-state index is -0.273. The molecule has 34 heavy (non-hydrogen) atoms. The van der Waals surface area contributed by atoms with E-state index in [1.807, 2.05) is 0 Å². The largest absolute Gasteiger partial charge is 0.499 e. The second-order valence-electron chi connectivity index (χ2n) is 7.02. The van der Waals surface area contributed by atoms with E-state index in [-0.39, 0.29) is 25.0 Å². The van der Waals surface area contributed by atoms with E-state index in [9.17, 15) is 9.59 Å². The summed E-state index contributed by atoms with van der Waals surface area (Å²) in [6.45, 7) is 9.62. The van der Waals surface area contributed by atoms with Crippen LogP contribution in [0.1, 0.15) is 20.7 Å². The highest BCUT2D eigenvalue weighted by atomic mass is 16.6. The van der Waals surface area contributed by atoms with Crippen molar-refractivity contribution in [3.8, 4) is 0 Å². The summed E-state index contributed by atoms with van der Waals surface area (Å²) in [7, 11) is 0. The van der Waals surface area contributed by atoms with Gasteiger partial charge < -0.3 is 33.2 Å². The number of carbonyl (C=O) groups is 2. The Morgan fingerprint density at radius 2 is 0.941 bits per heavy atom. The van der Waals surface area contributed by atoms with Crippen LogP contribution in [0.5, 0.6) is 0 Å². The van der Waals surface area contributed by atoms with Gasteiger partial charge >= 0.3 is 0 Å². The minimum absolute atomic E-state index is 0.222. The van der Waals surface area contributed by atoms with Gasteiger partial charge in [-0.3, -0.25) is 14.5 Å². The molecule has 1 heterocycles. The SMILES string of the molecule is C=COCCOCCOCCOCCOCCOCCOCCN1C(=O)c2ccccc2C1=O. The van der Waals surface area contributed by atoms with Crippen molar-refractivity contribution in [2.75, 3.05) is 92.4 Å². The molecule has 0 N–H and O–H groups in total. The summed E-state index contributed by atoms with van der Waals surface area (Å²) in [5, 5.41) is 0. The summed E-state index contributed by atoms with van der Waals surface area (Å²) >= 11 is 0. The molecule has 190 valence electrons. The third kappa shape index (κ3) is 10.7. The Balaban J connectivity index is 1.29. The van der Waals surface area contributed by atoms with E-state index in [2.05, 4.69) is 6.58 Å². The number of fused-ring (bicyclic) bond motifs is 1. The second-order valence-corrected chi connectivity index (χ2v) is 7.02. The molecule has 0 radical (unpaired) electrons. The van der Waals surface area contributed by atoms with Crippen molar-refractivity contribution in [2.24, 2.45) is 0 Å². The Labute approximate surface area is 200 Å². The van der Waals surface area contributed by atoms with Crippen LogP contribution in [0.3, 0.4) is 0 Å². The summed E-state index contributed by atoms with van der Waals surface area (Å²) in [6, 6.07) is 6.82. The molecule has 10 heteroatoms. The molecule has 0 spiro atoms. The molecule has 0 saturated heterocycles. The molecule has 2 rings (SSSR count). The van der Waals surface area contributed by atoms with Crippen molar-refractivity contribution < 1.29 is 42.7 Å². The zero-order valence-corrected chi connectivity index (χ0v) is 19.6. The molecular formula is C24H35NO9. The third-order valence-electron chi connectivity index (χ3n) is 4.66. The standard InChI is InChI=1S/C24H35NO9/c1-2-28-9-10-30-13-14-32-17-18-34-20-19-33-16-15-31-12-11-29-8-7-25-23(26)21-5-3-4-6-22(21)24(25)27/h2-6H,1,7-20H2. The number of carbonyl (C=O) groups excluding carboxylic acids is 2. The Kier molecular flexibility index (Phi) is 14.8. The molecule has 0 atom stereocenters. The van der Waals surface area contributed by atoms with Crippen LogP contribution in [0.2, 0.25) is 0 Å². The molecule has 0 unspecified atom stereocenters. The zero-order valence-electron chi connectivity index (χ0n) is 19.6. The highest BCUT2D eigenvalue weighted by Gasteiger charge is 2.34. The number of imide groups is 1. The molecule has 1 aliphatic rings. The lowest BCUT2D eigenvalue weighted by molar-refractivity contribution is -0.0187. The fourth-order valence-corrected chi connectivity index (χ4v) is 2.99. The van der Waals surface area contributed by atoms with Crippen LogP contribution in [0.4, 0.5) is 0 Å². The molecular weight excluding hydrogens is 446 g/mol. The summed E-state index contributed by atoms with van der Waals surface area (Å²) in [6.07, 6.45) is 1.39. The molecule has 1 aromatic carbocycles. The van der Waals surface area contributed by atoms with Crippen molar-refractivity contribution in [1.29, 1.82) is 0 Å². The van der Waals surface area contributed by atoms with Gasteiger partial charge in [-0.1, -0.05) is 18.7 Å². The van der Waals surface area contributed by atoms with Crippen LogP contribution in [-0.4, -0.2) is 109 Å². The quantitative estimate of drug-likeness (QED) is 0.139. The lowest BCUT2D eigenvalue weighted by atomic mass is 10.1. The maximum Gasteiger partial charge on any atom is 0.261 e. The van der Waals surface area contributed by atoms with Crippen molar-refractivity contribution in [3.05, 3.63) is 48.2 Å². The van der Waals surface area contributed by atoms with Crippen LogP contribution in [-0.2, 0) is 33.2 Å². The number of rotatable bonds is 22. The fraction of sp³-hybridized carbons (Fsp3) is 0.583. The van der Waals surface area contributed by atoms with Crippen LogP contribution in [0, 0.1) is 0 Å². The first kappa shape index (κ1) is 27.9. The van der Waals surface area contributed by atoms with E-state index in [0.29, 0.717) is 90.4 Å². The smallest absolute Gasteiger partial charge is 0.261 e. The van der Waals surface area contributed by atoms with Crippen LogP contribution < -0.4 is 0 Å². The van der Waals surface area contributed by atoms with Gasteiger partial charge in [0.2, 0.25) is 0 Å². The summed E-state index contributed by atoms with van der Waals surface area (Å²) < 4.78 is 37.3. The molecule has 0 bridgehead atoms. The van der Waals surface area contributed by atoms with Gasteiger partial charge in [-0.05, 0) is 12.1 Å². The van der Waals surface area contributed by atoms with Crippen molar-refractivity contribution in [2.45, 2.75) is 0 Å². The van der Waals surface area contributed by atoms with Crippen LogP contribution in [0.25, 0.3) is 0 Å². The molecule has 0 aliphatic carbocycles. The molecule has 1 aliphatic heterocycles. The van der Waals surface area contributed by atoms with E-state index < -0.39 is 0 Å². The monoisotopic (exact) mass is 481 g/mol. The number of ether oxygens (including phenoxy) is 7. The van der Waals surface area contributed by atoms with Crippen molar-refractivity contribution in [1.82, 2.24) is 4.90 Å². The summed E-state index contributed by atoms with van der Waals surface area (Å²) in [4.78, 5) is 25.7. The summed E-state index contributed by atoms with van der Waals surface area (Å²) in [5.74, 6) is -0.546. The normalized spacial score (nSPS) is 12.9. The van der Waals surface area contributed by atoms with Gasteiger partial charge in [0, 0.05) is 0 Å². The topological polar surface area (TPSA) is 102 Å². The molecule has 1 aromatic rings. The van der Waals surface area contributed by atoms with Gasteiger partial charge in [-0.15, -0.1) is 0 Å². The molecule has 0 aromatic heterocycles. The van der Waals surface area contributed by atoms with Gasteiger partial charge in [0.1, 0.15) is 6.61 Å². The van der Waals surface area contributed by atoms with E-state index >= 15 is 0 Å². The van der Waals surface area contributed by atoms with Crippen molar-refractivity contribution in [3.63, 3.8) is 0 Å². The minimum Gasteiger partial charge on any atom is -0.499 e. The van der Waals surface area contributed by atoms with Gasteiger partial charge in [-0.25, -0.2) is 0 Å². The number of amides is 2. The Bertz CT molecular complexity index is 693. The maximum atomic E-state index is 12.2. The van der Waals surface area contributed by atoms with E-state index in [4.69, 9.17) is 33.2 Å². The Morgan fingerprint density at radius 3 is 1.32 bits per heavy atom. The highest BCUT2D eigenvalue weighted by molar-refractivity contribution is 6.21. The van der Waals surface area contributed by atoms with Crippen molar-refractivity contribution >= 4 is 11.8 Å². The molecule has 0 saturated carbocycles. The molecule has 0 fully saturated rings. The second kappa shape index (κ2) is 18.0. The first-order chi connectivity index (χ1) is 16.8. The maximum absolute atomic E-state index is 12.2. The predicted octanol–water partition coefficient (Wildman–Crippen LogP) is 1.54. The van der Waals surface area contributed by atoms with Gasteiger partial charge in [0.15, 0.2) is 0 Å². The van der Waals surface area contributed by atoms with Crippen LogP contribution in [0.15, 0.2) is 37.1 Å². The fourth-order valence-electron chi connectivity index (χ4n) is 2.99. The average Bonchev–Trinajstić information content (AvgIpc) is 3.10. The third-order valence-corrected chi connectivity index (χ3v) is 4.66. The molecule has 2 amide bonds. The zero-order chi connectivity index (χ0) is 24.3. The van der Waals surface area contributed by atoms with E-state index in [0.717, 1.165) is 0 Å². The lowest BCUT2D eigenvalue weighted by Crippen LogP contribution is -2.33. The Morgan fingerprint density at radius 1 is 0.588 bits per heavy atom. The first-order valence-electron chi connectivity index (χ1n) is 11.4. The highest BCUT2D eigenvalue weighted by Crippen LogP contribution is 2.21. The summed E-state index contributed by atoms with van der Waals surface area (Å²) in [5.41, 5.74) is 0.893. The first-order valence-corrected chi connectivity index (χ1v) is 11.4.